The largest absolute Gasteiger partial charge is 0.473 e. The van der Waals surface area contributed by atoms with Crippen molar-refractivity contribution >= 4 is 50.9 Å². The number of amidine groups is 1. The predicted octanol–water partition coefficient (Wildman–Crippen LogP) is -1.76. The molecule has 0 aromatic carbocycles. The van der Waals surface area contributed by atoms with Gasteiger partial charge in [-0.15, -0.1) is 0 Å². The number of aromatic nitrogens is 4. The maximum absolute atomic E-state index is 13.1. The molecule has 6 rings (SSSR count). The zero-order valence-electron chi connectivity index (χ0n) is 20.1. The van der Waals surface area contributed by atoms with Crippen LogP contribution in [0.25, 0.3) is 11.2 Å². The fourth-order valence-electron chi connectivity index (χ4n) is 4.47. The van der Waals surface area contributed by atoms with E-state index in [-0.39, 0.29) is 24.8 Å². The Hall–Kier alpha value is -3.03. The van der Waals surface area contributed by atoms with E-state index in [4.69, 9.17) is 28.2 Å². The summed E-state index contributed by atoms with van der Waals surface area (Å²) in [6.45, 7) is -1.70. The fraction of sp³-hybridized carbons (Fsp3) is 0.500. The highest BCUT2D eigenvalue weighted by Gasteiger charge is 2.54. The molecule has 7 atom stereocenters. The number of ether oxygens (including phenoxy) is 1. The Kier molecular flexibility index (Phi) is 6.86. The van der Waals surface area contributed by atoms with Gasteiger partial charge in [-0.3, -0.25) is 43.5 Å². The molecule has 2 aromatic heterocycles. The van der Waals surface area contributed by atoms with E-state index in [2.05, 4.69) is 30.3 Å². The third-order valence-electron chi connectivity index (χ3n) is 6.22. The fourth-order valence-corrected chi connectivity index (χ4v) is 6.07. The number of rotatable bonds is 1. The van der Waals surface area contributed by atoms with E-state index in [1.54, 1.807) is 0 Å². The summed E-state index contributed by atoms with van der Waals surface area (Å²) in [7, 11) is -9.63. The Morgan fingerprint density at radius 3 is 2.83 bits per heavy atom. The number of phosphoric ester groups is 2. The van der Waals surface area contributed by atoms with Crippen LogP contribution in [0.1, 0.15) is 5.82 Å². The molecule has 214 valence electrons. The molecule has 0 saturated carbocycles. The first-order valence-corrected chi connectivity index (χ1v) is 14.6. The van der Waals surface area contributed by atoms with Gasteiger partial charge in [-0.05, 0) is 0 Å². The molecule has 3 unspecified atom stereocenters. The standard InChI is InChI=1S/C18H21N9O11P2/c19-18-24-15-11(16(29)25-18)22-7-27(15)17-13-12(28)9(37-17)4-35-39(30,31)34-2-1-26-10(5-36-40(32,33)38-13)23-8-3-20-6-21-14(8)26/h3,6-7,9,11-13,17,28H,1-2,4-5H2,(H,30,31)(H,32,33)(H2,19,25,29)/t9-,11?,12-,13-,17-/m1/s1. The average molecular weight is 601 g/mol. The number of fused-ring (bicyclic) bond motifs is 6. The van der Waals surface area contributed by atoms with Crippen LogP contribution in [0.4, 0.5) is 0 Å². The van der Waals surface area contributed by atoms with Crippen molar-refractivity contribution in [3.8, 4) is 0 Å². The van der Waals surface area contributed by atoms with Crippen molar-refractivity contribution in [1.82, 2.24) is 29.7 Å². The molecule has 1 fully saturated rings. The van der Waals surface area contributed by atoms with E-state index in [1.807, 2.05) is 0 Å². The van der Waals surface area contributed by atoms with Gasteiger partial charge in [-0.25, -0.2) is 24.1 Å². The molecule has 6 heterocycles. The van der Waals surface area contributed by atoms with Crippen molar-refractivity contribution in [1.29, 1.82) is 5.41 Å². The van der Waals surface area contributed by atoms with Gasteiger partial charge in [0.25, 0.3) is 5.91 Å². The molecule has 40 heavy (non-hydrogen) atoms. The van der Waals surface area contributed by atoms with Crippen LogP contribution in [0.5, 0.6) is 0 Å². The second-order valence-corrected chi connectivity index (χ2v) is 11.6. The maximum Gasteiger partial charge on any atom is 0.473 e. The van der Waals surface area contributed by atoms with Crippen LogP contribution in [0, 0.1) is 5.41 Å². The monoisotopic (exact) mass is 601 g/mol. The van der Waals surface area contributed by atoms with Crippen LogP contribution < -0.4 is 5.32 Å². The summed E-state index contributed by atoms with van der Waals surface area (Å²) >= 11 is 0. The lowest BCUT2D eigenvalue weighted by Crippen LogP contribution is -2.53. The molecule has 4 aliphatic rings. The highest BCUT2D eigenvalue weighted by atomic mass is 31.2. The molecule has 5 N–H and O–H groups in total. The number of carbonyl (C=O) groups is 1. The molecular weight excluding hydrogens is 580 g/mol. The molecular formula is C18H21N9O11P2. The molecule has 2 aromatic rings. The first-order chi connectivity index (χ1) is 19.0. The van der Waals surface area contributed by atoms with Crippen LogP contribution in [-0.4, -0.2) is 107 Å². The quantitative estimate of drug-likeness (QED) is 0.227. The van der Waals surface area contributed by atoms with Gasteiger partial charge >= 0.3 is 15.6 Å². The van der Waals surface area contributed by atoms with Gasteiger partial charge in [0.05, 0.1) is 25.7 Å². The van der Waals surface area contributed by atoms with Gasteiger partial charge in [0.1, 0.15) is 42.6 Å². The Morgan fingerprint density at radius 2 is 2.00 bits per heavy atom. The van der Waals surface area contributed by atoms with Crippen molar-refractivity contribution in [2.75, 3.05) is 13.2 Å². The van der Waals surface area contributed by atoms with Crippen molar-refractivity contribution in [3.05, 3.63) is 18.3 Å². The molecule has 0 aliphatic carbocycles. The minimum absolute atomic E-state index is 0.0654. The molecule has 22 heteroatoms. The summed E-state index contributed by atoms with van der Waals surface area (Å²) in [6, 6.07) is -1.15. The first kappa shape index (κ1) is 27.2. The number of guanidine groups is 1. The van der Waals surface area contributed by atoms with Gasteiger partial charge in [0, 0.05) is 6.54 Å². The molecule has 2 bridgehead atoms. The summed E-state index contributed by atoms with van der Waals surface area (Å²) in [5.41, 5.74) is 0.616. The zero-order chi connectivity index (χ0) is 28.2. The van der Waals surface area contributed by atoms with Gasteiger partial charge in [-0.2, -0.15) is 4.99 Å². The minimum atomic E-state index is -4.96. The number of aliphatic imine (C=N–C) groups is 2. The Bertz CT molecular complexity index is 1530. The lowest BCUT2D eigenvalue weighted by Gasteiger charge is -2.30. The molecule has 0 radical (unpaired) electrons. The normalized spacial score (nSPS) is 36.9. The SMILES string of the molecule is N=C1N=C2C(N=CN2[C@@H]2O[C@@H]3COP(=O)(O)OCCn4c(nc5cncnc54)COP(=O)(O)O[C@@H]2[C@@H]3O)C(=O)N1. The van der Waals surface area contributed by atoms with Crippen LogP contribution >= 0.6 is 15.6 Å². The Labute approximate surface area is 223 Å². The van der Waals surface area contributed by atoms with E-state index < -0.39 is 71.3 Å². The van der Waals surface area contributed by atoms with Crippen molar-refractivity contribution < 1.29 is 51.6 Å². The molecule has 0 spiro atoms. The minimum Gasteiger partial charge on any atom is -0.387 e. The van der Waals surface area contributed by atoms with Gasteiger partial charge < -0.3 is 24.2 Å². The smallest absolute Gasteiger partial charge is 0.387 e. The lowest BCUT2D eigenvalue weighted by molar-refractivity contribution is -0.119. The van der Waals surface area contributed by atoms with Gasteiger partial charge in [-0.1, -0.05) is 0 Å². The highest BCUT2D eigenvalue weighted by Crippen LogP contribution is 2.50. The summed E-state index contributed by atoms with van der Waals surface area (Å²) in [6.07, 6.45) is -2.44. The van der Waals surface area contributed by atoms with Gasteiger partial charge in [0.15, 0.2) is 23.8 Å². The number of aliphatic hydroxyl groups excluding tert-OH is 1. The van der Waals surface area contributed by atoms with Crippen LogP contribution in [0.3, 0.4) is 0 Å². The number of aliphatic hydroxyl groups is 1. The summed E-state index contributed by atoms with van der Waals surface area (Å²) in [5.74, 6) is -1.12. The molecule has 1 saturated heterocycles. The summed E-state index contributed by atoms with van der Waals surface area (Å²) in [4.78, 5) is 54.4. The zero-order valence-corrected chi connectivity index (χ0v) is 21.9. The van der Waals surface area contributed by atoms with Crippen LogP contribution in [-0.2, 0) is 49.9 Å². The Morgan fingerprint density at radius 1 is 1.18 bits per heavy atom. The molecule has 4 aliphatic heterocycles. The number of nitrogens with zero attached hydrogens (tertiary/aromatic N) is 7. The number of amides is 1. The van der Waals surface area contributed by atoms with Crippen LogP contribution in [0.15, 0.2) is 22.5 Å². The third kappa shape index (κ3) is 5.10. The first-order valence-electron chi connectivity index (χ1n) is 11.6. The number of hydrogen-bond acceptors (Lipinski definition) is 15. The molecule has 20 nitrogen and oxygen atoms in total. The van der Waals surface area contributed by atoms with Gasteiger partial charge in [0.2, 0.25) is 5.96 Å². The van der Waals surface area contributed by atoms with Crippen molar-refractivity contribution in [2.24, 2.45) is 9.98 Å². The van der Waals surface area contributed by atoms with E-state index in [0.717, 1.165) is 11.2 Å². The van der Waals surface area contributed by atoms with Crippen molar-refractivity contribution in [2.45, 2.75) is 43.7 Å². The maximum atomic E-state index is 13.1. The van der Waals surface area contributed by atoms with E-state index in [1.165, 1.54) is 17.1 Å². The number of nitrogens with one attached hydrogen (secondary N) is 2. The number of carbonyl (C=O) groups excluding carboxylic acids is 1. The van der Waals surface area contributed by atoms with Crippen molar-refractivity contribution in [3.63, 3.8) is 0 Å². The van der Waals surface area contributed by atoms with E-state index >= 15 is 0 Å². The van der Waals surface area contributed by atoms with Crippen LogP contribution in [0.2, 0.25) is 0 Å². The van der Waals surface area contributed by atoms with E-state index in [9.17, 15) is 28.8 Å². The number of phosphoric acid groups is 2. The Balaban J connectivity index is 1.33. The second-order valence-electron chi connectivity index (χ2n) is 8.76. The third-order valence-corrected chi connectivity index (χ3v) is 8.17. The number of imidazole rings is 1. The number of hydrogen-bond donors (Lipinski definition) is 5. The molecule has 1 amide bonds. The second kappa shape index (κ2) is 10.1. The lowest BCUT2D eigenvalue weighted by atomic mass is 10.1. The summed E-state index contributed by atoms with van der Waals surface area (Å²) in [5, 5.41) is 20.9. The van der Waals surface area contributed by atoms with E-state index in [0.29, 0.717) is 11.2 Å². The summed E-state index contributed by atoms with van der Waals surface area (Å²) < 4.78 is 53.4. The topological polar surface area (TPSA) is 265 Å². The predicted molar refractivity (Wildman–Crippen MR) is 129 cm³/mol. The highest BCUT2D eigenvalue weighted by molar-refractivity contribution is 7.47. The average Bonchev–Trinajstić information content (AvgIpc) is 3.55.